The molecule has 0 aliphatic heterocycles. The summed E-state index contributed by atoms with van der Waals surface area (Å²) in [5, 5.41) is 0. The minimum Gasteiger partial charge on any atom is -0.324 e. The van der Waals surface area contributed by atoms with E-state index in [9.17, 15) is 12.3 Å². The second-order valence-electron chi connectivity index (χ2n) is 3.61. The van der Waals surface area contributed by atoms with Gasteiger partial charge in [-0.05, 0) is 12.8 Å². The molecule has 1 aliphatic carbocycles. The van der Waals surface area contributed by atoms with Crippen molar-refractivity contribution in [1.82, 2.24) is 0 Å². The van der Waals surface area contributed by atoms with Crippen LogP contribution in [0.4, 0.5) is 3.89 Å². The van der Waals surface area contributed by atoms with Gasteiger partial charge in [-0.1, -0.05) is 19.3 Å². The van der Waals surface area contributed by atoms with E-state index < -0.39 is 21.5 Å². The van der Waals surface area contributed by atoms with Crippen LogP contribution in [0.2, 0.25) is 0 Å². The molecule has 72 valence electrons. The summed E-state index contributed by atoms with van der Waals surface area (Å²) >= 11 is 0. The maximum atomic E-state index is 12.3. The van der Waals surface area contributed by atoms with Crippen LogP contribution in [0.5, 0.6) is 0 Å². The summed E-state index contributed by atoms with van der Waals surface area (Å²) in [5.74, 6) is -0.514. The Hall–Kier alpha value is -0.160. The molecule has 0 aromatic rings. The molecular weight excluding hydrogens is 181 g/mol. The number of nitrogens with two attached hydrogens (primary N) is 1. The molecule has 0 aromatic heterocycles. The predicted molar refractivity (Wildman–Crippen MR) is 44.9 cm³/mol. The summed E-state index contributed by atoms with van der Waals surface area (Å²) in [6.07, 6.45) is 4.13. The van der Waals surface area contributed by atoms with E-state index in [1.807, 2.05) is 0 Å². The van der Waals surface area contributed by atoms with Crippen LogP contribution < -0.4 is 5.73 Å². The zero-order valence-electron chi connectivity index (χ0n) is 6.92. The van der Waals surface area contributed by atoms with E-state index in [1.54, 1.807) is 0 Å². The maximum Gasteiger partial charge on any atom is 0.304 e. The van der Waals surface area contributed by atoms with Crippen LogP contribution in [0, 0.1) is 0 Å². The van der Waals surface area contributed by atoms with Gasteiger partial charge >= 0.3 is 10.2 Å². The highest BCUT2D eigenvalue weighted by Gasteiger charge is 2.32. The van der Waals surface area contributed by atoms with Crippen molar-refractivity contribution < 1.29 is 12.3 Å². The van der Waals surface area contributed by atoms with Crippen LogP contribution >= 0.6 is 0 Å². The molecule has 0 bridgehead atoms. The molecule has 1 rings (SSSR count). The molecule has 0 aromatic carbocycles. The van der Waals surface area contributed by atoms with Crippen molar-refractivity contribution in [3.05, 3.63) is 0 Å². The highest BCUT2D eigenvalue weighted by molar-refractivity contribution is 7.86. The Labute approximate surface area is 72.3 Å². The summed E-state index contributed by atoms with van der Waals surface area (Å²) < 4.78 is 33.0. The van der Waals surface area contributed by atoms with Crippen molar-refractivity contribution >= 4 is 10.2 Å². The van der Waals surface area contributed by atoms with E-state index in [2.05, 4.69) is 0 Å². The van der Waals surface area contributed by atoms with E-state index in [0.29, 0.717) is 12.8 Å². The first-order valence-electron chi connectivity index (χ1n) is 4.13. The van der Waals surface area contributed by atoms with Gasteiger partial charge in [0.15, 0.2) is 0 Å². The lowest BCUT2D eigenvalue weighted by Gasteiger charge is -2.31. The van der Waals surface area contributed by atoms with Gasteiger partial charge in [-0.25, -0.2) is 0 Å². The van der Waals surface area contributed by atoms with Crippen LogP contribution in [0.15, 0.2) is 0 Å². The van der Waals surface area contributed by atoms with Crippen molar-refractivity contribution in [2.24, 2.45) is 5.73 Å². The van der Waals surface area contributed by atoms with Gasteiger partial charge in [-0.3, -0.25) is 0 Å². The Morgan fingerprint density at radius 2 is 1.75 bits per heavy atom. The molecule has 0 heterocycles. The Morgan fingerprint density at radius 1 is 1.25 bits per heavy atom. The van der Waals surface area contributed by atoms with Gasteiger partial charge in [0.05, 0.1) is 5.75 Å². The van der Waals surface area contributed by atoms with Crippen LogP contribution in [0.3, 0.4) is 0 Å². The summed E-state index contributed by atoms with van der Waals surface area (Å²) in [6, 6.07) is 0. The lowest BCUT2D eigenvalue weighted by atomic mass is 9.84. The van der Waals surface area contributed by atoms with Gasteiger partial charge in [0.2, 0.25) is 0 Å². The van der Waals surface area contributed by atoms with Gasteiger partial charge in [0, 0.05) is 5.54 Å². The summed E-state index contributed by atoms with van der Waals surface area (Å²) in [4.78, 5) is 0. The zero-order valence-corrected chi connectivity index (χ0v) is 7.74. The lowest BCUT2D eigenvalue weighted by molar-refractivity contribution is 0.321. The average Bonchev–Trinajstić information content (AvgIpc) is 1.83. The third-order valence-electron chi connectivity index (χ3n) is 2.31. The third kappa shape index (κ3) is 3.06. The van der Waals surface area contributed by atoms with Crippen molar-refractivity contribution in [2.75, 3.05) is 5.75 Å². The van der Waals surface area contributed by atoms with E-state index in [0.717, 1.165) is 19.3 Å². The molecule has 1 fully saturated rings. The molecule has 0 saturated heterocycles. The minimum absolute atomic E-state index is 0.514. The fraction of sp³-hybridized carbons (Fsp3) is 1.00. The fourth-order valence-electron chi connectivity index (χ4n) is 1.74. The number of hydrogen-bond donors (Lipinski definition) is 1. The first-order valence-corrected chi connectivity index (χ1v) is 5.68. The molecule has 5 heteroatoms. The van der Waals surface area contributed by atoms with Gasteiger partial charge in [0.1, 0.15) is 0 Å². The number of hydrogen-bond acceptors (Lipinski definition) is 3. The number of halogens is 1. The zero-order chi connectivity index (χ0) is 9.24. The van der Waals surface area contributed by atoms with Crippen molar-refractivity contribution in [1.29, 1.82) is 0 Å². The Morgan fingerprint density at radius 3 is 2.17 bits per heavy atom. The molecule has 0 spiro atoms. The van der Waals surface area contributed by atoms with Gasteiger partial charge in [0.25, 0.3) is 0 Å². The standard InChI is InChI=1S/C7H14FNO2S/c8-12(10,11)6-7(9)4-2-1-3-5-7/h1-6,9H2. The second-order valence-corrected chi connectivity index (χ2v) is 4.97. The van der Waals surface area contributed by atoms with Crippen molar-refractivity contribution in [3.8, 4) is 0 Å². The molecule has 1 aliphatic rings. The number of rotatable bonds is 2. The topological polar surface area (TPSA) is 60.2 Å². The molecule has 12 heavy (non-hydrogen) atoms. The van der Waals surface area contributed by atoms with Crippen LogP contribution in [0.1, 0.15) is 32.1 Å². The van der Waals surface area contributed by atoms with Crippen LogP contribution in [-0.2, 0) is 10.2 Å². The second kappa shape index (κ2) is 3.30. The molecular formula is C7H14FNO2S. The minimum atomic E-state index is -4.41. The highest BCUT2D eigenvalue weighted by atomic mass is 32.3. The first-order chi connectivity index (χ1) is 5.41. The van der Waals surface area contributed by atoms with Gasteiger partial charge in [-0.15, -0.1) is 3.89 Å². The first kappa shape index (κ1) is 9.92. The Balaban J connectivity index is 2.59. The molecule has 0 unspecified atom stereocenters. The van der Waals surface area contributed by atoms with Gasteiger partial charge in [-0.2, -0.15) is 8.42 Å². The maximum absolute atomic E-state index is 12.3. The van der Waals surface area contributed by atoms with E-state index >= 15 is 0 Å². The summed E-state index contributed by atoms with van der Waals surface area (Å²) in [7, 11) is -4.41. The fourth-order valence-corrected chi connectivity index (χ4v) is 2.72. The van der Waals surface area contributed by atoms with Crippen molar-refractivity contribution in [2.45, 2.75) is 37.6 Å². The molecule has 0 amide bonds. The normalized spacial score (nSPS) is 23.8. The summed E-state index contributed by atoms with van der Waals surface area (Å²) in [5.41, 5.74) is 4.93. The van der Waals surface area contributed by atoms with Crippen molar-refractivity contribution in [3.63, 3.8) is 0 Å². The molecule has 3 nitrogen and oxygen atoms in total. The predicted octanol–water partition coefficient (Wildman–Crippen LogP) is 0.947. The van der Waals surface area contributed by atoms with Gasteiger partial charge < -0.3 is 5.73 Å². The van der Waals surface area contributed by atoms with Crippen LogP contribution in [-0.4, -0.2) is 19.7 Å². The molecule has 0 radical (unpaired) electrons. The lowest BCUT2D eigenvalue weighted by Crippen LogP contribution is -2.46. The summed E-state index contributed by atoms with van der Waals surface area (Å²) in [6.45, 7) is 0. The van der Waals surface area contributed by atoms with E-state index in [-0.39, 0.29) is 0 Å². The molecule has 0 atom stereocenters. The smallest absolute Gasteiger partial charge is 0.304 e. The Kier molecular flexibility index (Phi) is 2.73. The SMILES string of the molecule is NC1(CS(=O)(=O)F)CCCCC1. The average molecular weight is 195 g/mol. The van der Waals surface area contributed by atoms with E-state index in [4.69, 9.17) is 5.73 Å². The molecule has 2 N–H and O–H groups in total. The Bertz CT molecular complexity index is 244. The third-order valence-corrected chi connectivity index (χ3v) is 3.23. The monoisotopic (exact) mass is 195 g/mol. The highest BCUT2D eigenvalue weighted by Crippen LogP contribution is 2.27. The largest absolute Gasteiger partial charge is 0.324 e. The quantitative estimate of drug-likeness (QED) is 0.667. The molecule has 1 saturated carbocycles. The van der Waals surface area contributed by atoms with E-state index in [1.165, 1.54) is 0 Å². The van der Waals surface area contributed by atoms with Crippen LogP contribution in [0.25, 0.3) is 0 Å².